The smallest absolute Gasteiger partial charge is 0.120 e. The van der Waals surface area contributed by atoms with E-state index in [1.54, 1.807) is 6.26 Å². The lowest BCUT2D eigenvalue weighted by Gasteiger charge is -2.18. The Morgan fingerprint density at radius 2 is 1.69 bits per heavy atom. The van der Waals surface area contributed by atoms with Crippen molar-refractivity contribution >= 4 is 0 Å². The highest BCUT2D eigenvalue weighted by Crippen LogP contribution is 2.19. The first-order valence-corrected chi connectivity index (χ1v) is 5.62. The average Bonchev–Trinajstić information content (AvgIpc) is 2.83. The molecular formula is C14H17NO. The fraction of sp³-hybridized carbons (Fsp3) is 0.286. The maximum absolute atomic E-state index is 5.37. The molecule has 0 spiro atoms. The van der Waals surface area contributed by atoms with Gasteiger partial charge in [0.25, 0.3) is 0 Å². The summed E-state index contributed by atoms with van der Waals surface area (Å²) >= 11 is 0. The fourth-order valence-corrected chi connectivity index (χ4v) is 1.83. The third-order valence-electron chi connectivity index (χ3n) is 2.77. The second kappa shape index (κ2) is 4.99. The van der Waals surface area contributed by atoms with Crippen molar-refractivity contribution in [1.82, 2.24) is 5.32 Å². The van der Waals surface area contributed by atoms with Crippen molar-refractivity contribution in [3.63, 3.8) is 0 Å². The van der Waals surface area contributed by atoms with Gasteiger partial charge in [-0.1, -0.05) is 30.3 Å². The van der Waals surface area contributed by atoms with E-state index in [-0.39, 0.29) is 6.04 Å². The standard InChI is InChI=1S/C14H17NO/c1-11(13-7-4-3-5-8-13)15-12(2)14-9-6-10-16-14/h3-12,15H,1-2H3/t11-,12?/m1/s1. The molecule has 0 aliphatic heterocycles. The highest BCUT2D eigenvalue weighted by atomic mass is 16.3. The number of rotatable bonds is 4. The molecule has 0 bridgehead atoms. The Labute approximate surface area is 96.3 Å². The molecule has 2 aromatic rings. The largest absolute Gasteiger partial charge is 0.468 e. The van der Waals surface area contributed by atoms with E-state index < -0.39 is 0 Å². The summed E-state index contributed by atoms with van der Waals surface area (Å²) in [6.45, 7) is 4.27. The van der Waals surface area contributed by atoms with Crippen LogP contribution in [-0.4, -0.2) is 0 Å². The molecule has 1 heterocycles. The Hall–Kier alpha value is -1.54. The molecule has 0 aliphatic rings. The molecule has 1 aromatic heterocycles. The molecule has 0 saturated carbocycles. The van der Waals surface area contributed by atoms with E-state index in [0.29, 0.717) is 6.04 Å². The van der Waals surface area contributed by atoms with Crippen LogP contribution in [0.15, 0.2) is 53.1 Å². The van der Waals surface area contributed by atoms with Gasteiger partial charge in [-0.2, -0.15) is 0 Å². The lowest BCUT2D eigenvalue weighted by molar-refractivity contribution is 0.403. The van der Waals surface area contributed by atoms with E-state index >= 15 is 0 Å². The van der Waals surface area contributed by atoms with Gasteiger partial charge in [-0.25, -0.2) is 0 Å². The summed E-state index contributed by atoms with van der Waals surface area (Å²) in [7, 11) is 0. The van der Waals surface area contributed by atoms with Crippen LogP contribution in [0.4, 0.5) is 0 Å². The topological polar surface area (TPSA) is 25.2 Å². The molecule has 1 unspecified atom stereocenters. The van der Waals surface area contributed by atoms with Gasteiger partial charge in [0.05, 0.1) is 12.3 Å². The molecule has 1 aromatic carbocycles. The number of furan rings is 1. The van der Waals surface area contributed by atoms with Crippen LogP contribution in [0.5, 0.6) is 0 Å². The maximum Gasteiger partial charge on any atom is 0.120 e. The lowest BCUT2D eigenvalue weighted by atomic mass is 10.1. The molecule has 2 nitrogen and oxygen atoms in total. The predicted molar refractivity (Wildman–Crippen MR) is 65.1 cm³/mol. The molecule has 0 radical (unpaired) electrons. The van der Waals surface area contributed by atoms with Crippen LogP contribution in [0.3, 0.4) is 0 Å². The van der Waals surface area contributed by atoms with Crippen molar-refractivity contribution in [2.45, 2.75) is 25.9 Å². The zero-order chi connectivity index (χ0) is 11.4. The van der Waals surface area contributed by atoms with E-state index in [2.05, 4.69) is 43.4 Å². The number of nitrogens with one attached hydrogen (secondary N) is 1. The Morgan fingerprint density at radius 3 is 2.31 bits per heavy atom. The number of hydrogen-bond acceptors (Lipinski definition) is 2. The van der Waals surface area contributed by atoms with Gasteiger partial charge in [-0.05, 0) is 31.5 Å². The second-order valence-corrected chi connectivity index (χ2v) is 4.04. The van der Waals surface area contributed by atoms with Crippen LogP contribution in [0.1, 0.15) is 37.3 Å². The molecular weight excluding hydrogens is 198 g/mol. The SMILES string of the molecule is CC(N[C@H](C)c1ccccc1)c1ccco1. The van der Waals surface area contributed by atoms with Gasteiger partial charge >= 0.3 is 0 Å². The minimum Gasteiger partial charge on any atom is -0.468 e. The van der Waals surface area contributed by atoms with Gasteiger partial charge in [-0.15, -0.1) is 0 Å². The van der Waals surface area contributed by atoms with Gasteiger partial charge in [0, 0.05) is 6.04 Å². The van der Waals surface area contributed by atoms with Gasteiger partial charge < -0.3 is 9.73 Å². The van der Waals surface area contributed by atoms with Crippen LogP contribution >= 0.6 is 0 Å². The maximum atomic E-state index is 5.37. The summed E-state index contributed by atoms with van der Waals surface area (Å²) in [5.41, 5.74) is 1.29. The molecule has 2 heteroatoms. The summed E-state index contributed by atoms with van der Waals surface area (Å²) in [5.74, 6) is 0.975. The molecule has 0 amide bonds. The molecule has 0 fully saturated rings. The molecule has 1 N–H and O–H groups in total. The molecule has 84 valence electrons. The van der Waals surface area contributed by atoms with E-state index in [0.717, 1.165) is 5.76 Å². The summed E-state index contributed by atoms with van der Waals surface area (Å²) in [4.78, 5) is 0. The van der Waals surface area contributed by atoms with Crippen LogP contribution in [0.2, 0.25) is 0 Å². The van der Waals surface area contributed by atoms with Crippen LogP contribution in [0, 0.1) is 0 Å². The minimum absolute atomic E-state index is 0.227. The van der Waals surface area contributed by atoms with Crippen LogP contribution in [0.25, 0.3) is 0 Å². The Kier molecular flexibility index (Phi) is 3.42. The summed E-state index contributed by atoms with van der Waals surface area (Å²) in [6, 6.07) is 14.9. The van der Waals surface area contributed by atoms with Crippen molar-refractivity contribution in [1.29, 1.82) is 0 Å². The van der Waals surface area contributed by atoms with E-state index in [4.69, 9.17) is 4.42 Å². The normalized spacial score (nSPS) is 14.6. The van der Waals surface area contributed by atoms with Gasteiger partial charge in [0.1, 0.15) is 5.76 Å². The average molecular weight is 215 g/mol. The van der Waals surface area contributed by atoms with Crippen molar-refractivity contribution in [2.75, 3.05) is 0 Å². The first-order valence-electron chi connectivity index (χ1n) is 5.62. The van der Waals surface area contributed by atoms with Crippen molar-refractivity contribution in [2.24, 2.45) is 0 Å². The molecule has 16 heavy (non-hydrogen) atoms. The zero-order valence-corrected chi connectivity index (χ0v) is 9.68. The minimum atomic E-state index is 0.227. The molecule has 0 saturated heterocycles. The number of benzene rings is 1. The Balaban J connectivity index is 2.00. The van der Waals surface area contributed by atoms with Crippen molar-refractivity contribution in [3.05, 3.63) is 60.1 Å². The van der Waals surface area contributed by atoms with Crippen molar-refractivity contribution in [3.8, 4) is 0 Å². The quantitative estimate of drug-likeness (QED) is 0.841. The summed E-state index contributed by atoms with van der Waals surface area (Å²) in [5, 5.41) is 3.50. The number of hydrogen-bond donors (Lipinski definition) is 1. The fourth-order valence-electron chi connectivity index (χ4n) is 1.83. The highest BCUT2D eigenvalue weighted by molar-refractivity contribution is 5.18. The lowest BCUT2D eigenvalue weighted by Crippen LogP contribution is -2.22. The Morgan fingerprint density at radius 1 is 0.938 bits per heavy atom. The van der Waals surface area contributed by atoms with Crippen LogP contribution < -0.4 is 5.32 Å². The molecule has 2 atom stereocenters. The predicted octanol–water partition coefficient (Wildman–Crippen LogP) is 3.69. The molecule has 0 aliphatic carbocycles. The van der Waals surface area contributed by atoms with E-state index in [1.807, 2.05) is 18.2 Å². The van der Waals surface area contributed by atoms with E-state index in [1.165, 1.54) is 5.56 Å². The van der Waals surface area contributed by atoms with Gasteiger partial charge in [0.15, 0.2) is 0 Å². The monoisotopic (exact) mass is 215 g/mol. The first-order chi connectivity index (χ1) is 7.77. The van der Waals surface area contributed by atoms with Gasteiger partial charge in [0.2, 0.25) is 0 Å². The highest BCUT2D eigenvalue weighted by Gasteiger charge is 2.12. The van der Waals surface area contributed by atoms with E-state index in [9.17, 15) is 0 Å². The first kappa shape index (κ1) is 11.0. The third kappa shape index (κ3) is 2.52. The second-order valence-electron chi connectivity index (χ2n) is 4.04. The third-order valence-corrected chi connectivity index (χ3v) is 2.77. The Bertz CT molecular complexity index is 408. The van der Waals surface area contributed by atoms with Gasteiger partial charge in [-0.3, -0.25) is 0 Å². The van der Waals surface area contributed by atoms with Crippen molar-refractivity contribution < 1.29 is 4.42 Å². The summed E-state index contributed by atoms with van der Waals surface area (Å²) in [6.07, 6.45) is 1.71. The van der Waals surface area contributed by atoms with Crippen LogP contribution in [-0.2, 0) is 0 Å². The molecule has 2 rings (SSSR count). The zero-order valence-electron chi connectivity index (χ0n) is 9.68. The summed E-state index contributed by atoms with van der Waals surface area (Å²) < 4.78 is 5.37.